The first-order chi connectivity index (χ1) is 15.9. The van der Waals surface area contributed by atoms with E-state index in [4.69, 9.17) is 25.5 Å². The summed E-state index contributed by atoms with van der Waals surface area (Å²) in [5, 5.41) is 11.4. The average molecular weight is 473 g/mol. The van der Waals surface area contributed by atoms with Crippen molar-refractivity contribution >= 4 is 17.5 Å². The van der Waals surface area contributed by atoms with Crippen LogP contribution in [0.25, 0.3) is 0 Å². The van der Waals surface area contributed by atoms with Crippen LogP contribution >= 0.6 is 11.6 Å². The quantitative estimate of drug-likeness (QED) is 0.532. The van der Waals surface area contributed by atoms with Gasteiger partial charge in [-0.3, -0.25) is 9.78 Å². The van der Waals surface area contributed by atoms with Crippen molar-refractivity contribution in [2.75, 3.05) is 6.61 Å². The van der Waals surface area contributed by atoms with E-state index in [1.54, 1.807) is 12.4 Å². The first-order valence-electron chi connectivity index (χ1n) is 10.6. The molecule has 2 bridgehead atoms. The van der Waals surface area contributed by atoms with Crippen molar-refractivity contribution in [2.45, 2.75) is 44.2 Å². The molecule has 0 saturated heterocycles. The monoisotopic (exact) mass is 472 g/mol. The van der Waals surface area contributed by atoms with Crippen LogP contribution in [0.1, 0.15) is 36.6 Å². The molecule has 1 unspecified atom stereocenters. The van der Waals surface area contributed by atoms with Crippen LogP contribution < -0.4 is 14.8 Å². The number of carbonyl (C=O) groups is 1. The van der Waals surface area contributed by atoms with Crippen molar-refractivity contribution in [1.29, 1.82) is 0 Å². The van der Waals surface area contributed by atoms with E-state index in [-0.39, 0.29) is 41.3 Å². The van der Waals surface area contributed by atoms with E-state index in [0.29, 0.717) is 23.4 Å². The van der Waals surface area contributed by atoms with E-state index in [0.717, 1.165) is 30.9 Å². The number of aromatic nitrogens is 3. The molecule has 3 fully saturated rings. The van der Waals surface area contributed by atoms with E-state index in [1.807, 2.05) is 13.0 Å². The summed E-state index contributed by atoms with van der Waals surface area (Å²) >= 11 is 5.66. The fraction of sp³-hybridized carbons (Fsp3) is 0.391. The number of amides is 1. The molecule has 6 rings (SSSR count). The number of rotatable bonds is 8. The smallest absolute Gasteiger partial charge is 0.258 e. The third-order valence-corrected chi connectivity index (χ3v) is 6.53. The summed E-state index contributed by atoms with van der Waals surface area (Å²) < 4.78 is 30.5. The van der Waals surface area contributed by atoms with Crippen LogP contribution in [0, 0.1) is 18.7 Å². The van der Waals surface area contributed by atoms with Crippen molar-refractivity contribution < 1.29 is 23.1 Å². The molecule has 3 aliphatic rings. The van der Waals surface area contributed by atoms with Crippen LogP contribution in [-0.2, 0) is 16.8 Å². The normalized spacial score (nSPS) is 23.1. The maximum Gasteiger partial charge on any atom is 0.258 e. The Labute approximate surface area is 194 Å². The third-order valence-electron chi connectivity index (χ3n) is 6.23. The molecule has 1 N–H and O–H groups in total. The average Bonchev–Trinajstić information content (AvgIpc) is 3.46. The number of pyridine rings is 1. The summed E-state index contributed by atoms with van der Waals surface area (Å²) in [7, 11) is 0. The van der Waals surface area contributed by atoms with Gasteiger partial charge in [-0.1, -0.05) is 11.6 Å². The Morgan fingerprint density at radius 1 is 1.21 bits per heavy atom. The second-order valence-electron chi connectivity index (χ2n) is 8.68. The van der Waals surface area contributed by atoms with Crippen molar-refractivity contribution in [3.63, 3.8) is 0 Å². The highest BCUT2D eigenvalue weighted by atomic mass is 35.5. The summed E-state index contributed by atoms with van der Waals surface area (Å²) in [5.74, 6) is 1.39. The van der Waals surface area contributed by atoms with Gasteiger partial charge in [0.1, 0.15) is 17.3 Å². The Balaban J connectivity index is 1.13. The van der Waals surface area contributed by atoms with Crippen LogP contribution in [0.4, 0.5) is 4.39 Å². The second-order valence-corrected chi connectivity index (χ2v) is 9.09. The molecule has 1 atom stereocenters. The number of halogens is 2. The number of nitrogens with one attached hydrogen (secondary N) is 1. The highest BCUT2D eigenvalue weighted by Crippen LogP contribution is 2.59. The van der Waals surface area contributed by atoms with Gasteiger partial charge >= 0.3 is 0 Å². The number of hydrogen-bond acceptors (Lipinski definition) is 7. The van der Waals surface area contributed by atoms with Gasteiger partial charge in [0.2, 0.25) is 5.89 Å². The second kappa shape index (κ2) is 8.62. The van der Waals surface area contributed by atoms with Crippen LogP contribution in [-0.4, -0.2) is 33.7 Å². The van der Waals surface area contributed by atoms with Crippen LogP contribution in [0.15, 0.2) is 41.1 Å². The molecule has 8 nitrogen and oxygen atoms in total. The maximum atomic E-state index is 13.5. The molecule has 0 aliphatic heterocycles. The molecular formula is C23H22ClFN4O4. The van der Waals surface area contributed by atoms with Crippen LogP contribution in [0.3, 0.4) is 0 Å². The highest BCUT2D eigenvalue weighted by molar-refractivity contribution is 6.30. The Hall–Kier alpha value is -3.20. The zero-order valence-electron chi connectivity index (χ0n) is 17.9. The molecule has 3 saturated carbocycles. The Kier molecular flexibility index (Phi) is 5.65. The molecule has 33 heavy (non-hydrogen) atoms. The standard InChI is InChI=1S/C23H22ClFN4O4/c1-13-4-16(10-26-9-13)32-12-21-28-29-22(33-21)23-6-14(7-23)19(8-23)27-20(30)11-31-15-2-3-17(24)18(25)5-15/h2-5,9-10,14,19H,6-8,11-12H2,1H3,(H,27,30). The van der Waals surface area contributed by atoms with E-state index in [2.05, 4.69) is 20.5 Å². The number of hydrogen-bond donors (Lipinski definition) is 1. The third kappa shape index (κ3) is 4.50. The predicted molar refractivity (Wildman–Crippen MR) is 115 cm³/mol. The lowest BCUT2D eigenvalue weighted by Crippen LogP contribution is -2.39. The molecule has 3 aliphatic carbocycles. The number of carbonyl (C=O) groups excluding carboxylic acids is 1. The Bertz CT molecular complexity index is 1180. The predicted octanol–water partition coefficient (Wildman–Crippen LogP) is 3.76. The fourth-order valence-corrected chi connectivity index (χ4v) is 4.77. The largest absolute Gasteiger partial charge is 0.484 e. The minimum atomic E-state index is -0.590. The van der Waals surface area contributed by atoms with Gasteiger partial charge in [0.25, 0.3) is 11.8 Å². The first kappa shape index (κ1) is 21.6. The minimum absolute atomic E-state index is 0.00532. The number of nitrogens with zero attached hydrogens (tertiary/aromatic N) is 3. The van der Waals surface area contributed by atoms with E-state index >= 15 is 0 Å². The highest BCUT2D eigenvalue weighted by Gasteiger charge is 2.60. The van der Waals surface area contributed by atoms with E-state index < -0.39 is 5.82 Å². The van der Waals surface area contributed by atoms with E-state index in [1.165, 1.54) is 12.1 Å². The molecule has 1 aromatic carbocycles. The van der Waals surface area contributed by atoms with Gasteiger partial charge in [0.15, 0.2) is 13.2 Å². The van der Waals surface area contributed by atoms with Gasteiger partial charge in [-0.25, -0.2) is 4.39 Å². The van der Waals surface area contributed by atoms with Crippen molar-refractivity contribution in [1.82, 2.24) is 20.5 Å². The maximum absolute atomic E-state index is 13.5. The molecule has 2 heterocycles. The molecular weight excluding hydrogens is 451 g/mol. The lowest BCUT2D eigenvalue weighted by atomic mass is 9.69. The number of benzene rings is 1. The van der Waals surface area contributed by atoms with Gasteiger partial charge in [-0.15, -0.1) is 10.2 Å². The van der Waals surface area contributed by atoms with Crippen LogP contribution in [0.2, 0.25) is 5.02 Å². The van der Waals surface area contributed by atoms with Gasteiger partial charge in [0, 0.05) is 18.3 Å². The number of fused-ring (bicyclic) bond motifs is 1. The summed E-state index contributed by atoms with van der Waals surface area (Å²) in [5.41, 5.74) is 0.793. The molecule has 3 aromatic rings. The van der Waals surface area contributed by atoms with Crippen LogP contribution in [0.5, 0.6) is 11.5 Å². The summed E-state index contributed by atoms with van der Waals surface area (Å²) in [6, 6.07) is 5.96. The van der Waals surface area contributed by atoms with Gasteiger partial charge in [-0.05, 0) is 55.9 Å². The molecule has 10 heteroatoms. The summed E-state index contributed by atoms with van der Waals surface area (Å²) in [4.78, 5) is 16.4. The number of ether oxygens (including phenoxy) is 2. The number of aryl methyl sites for hydroxylation is 1. The van der Waals surface area contributed by atoms with Crippen molar-refractivity contribution in [3.05, 3.63) is 64.8 Å². The van der Waals surface area contributed by atoms with Gasteiger partial charge in [-0.2, -0.15) is 0 Å². The zero-order valence-corrected chi connectivity index (χ0v) is 18.6. The topological polar surface area (TPSA) is 99.4 Å². The summed E-state index contributed by atoms with van der Waals surface area (Å²) in [6.45, 7) is 1.91. The molecule has 2 aromatic heterocycles. The molecule has 172 valence electrons. The summed E-state index contributed by atoms with van der Waals surface area (Å²) in [6.07, 6.45) is 5.87. The lowest BCUT2D eigenvalue weighted by Gasteiger charge is -2.34. The van der Waals surface area contributed by atoms with Gasteiger partial charge in [0.05, 0.1) is 16.6 Å². The Morgan fingerprint density at radius 2 is 2.06 bits per heavy atom. The minimum Gasteiger partial charge on any atom is -0.484 e. The Morgan fingerprint density at radius 3 is 2.85 bits per heavy atom. The van der Waals surface area contributed by atoms with Crippen molar-refractivity contribution in [3.8, 4) is 11.5 Å². The van der Waals surface area contributed by atoms with Gasteiger partial charge < -0.3 is 19.2 Å². The zero-order chi connectivity index (χ0) is 23.0. The van der Waals surface area contributed by atoms with E-state index in [9.17, 15) is 9.18 Å². The lowest BCUT2D eigenvalue weighted by molar-refractivity contribution is -0.124. The molecule has 1 amide bonds. The first-order valence-corrected chi connectivity index (χ1v) is 11.0. The molecule has 0 spiro atoms. The fourth-order valence-electron chi connectivity index (χ4n) is 4.66. The SMILES string of the molecule is Cc1cncc(OCc2nnc(C34CC(C3)C(NC(=O)COc3ccc(Cl)c(F)c3)C4)o2)c1. The molecule has 0 radical (unpaired) electrons. The van der Waals surface area contributed by atoms with Crippen molar-refractivity contribution in [2.24, 2.45) is 5.92 Å².